The molecule has 0 saturated carbocycles. The molecule has 0 atom stereocenters. The van der Waals surface area contributed by atoms with Crippen LogP contribution in [0.1, 0.15) is 23.6 Å². The van der Waals surface area contributed by atoms with Crippen LogP contribution in [0.25, 0.3) is 0 Å². The zero-order chi connectivity index (χ0) is 18.9. The first-order chi connectivity index (χ1) is 12.4. The van der Waals surface area contributed by atoms with Crippen molar-refractivity contribution in [1.29, 1.82) is 0 Å². The third-order valence-corrected chi connectivity index (χ3v) is 4.03. The van der Waals surface area contributed by atoms with E-state index >= 15 is 0 Å². The number of amides is 2. The smallest absolute Gasteiger partial charge is 0.258 e. The molecule has 0 aliphatic rings. The van der Waals surface area contributed by atoms with E-state index in [9.17, 15) is 9.59 Å². The molecule has 2 amide bonds. The Hall–Kier alpha value is -2.82. The summed E-state index contributed by atoms with van der Waals surface area (Å²) in [6.45, 7) is 6.90. The van der Waals surface area contributed by atoms with E-state index < -0.39 is 0 Å². The van der Waals surface area contributed by atoms with Gasteiger partial charge in [0, 0.05) is 26.6 Å². The van der Waals surface area contributed by atoms with Crippen LogP contribution in [-0.2, 0) is 16.1 Å². The van der Waals surface area contributed by atoms with Crippen molar-refractivity contribution in [2.45, 2.75) is 27.3 Å². The van der Waals surface area contributed by atoms with Crippen LogP contribution in [0.4, 0.5) is 0 Å². The first-order valence-electron chi connectivity index (χ1n) is 8.71. The van der Waals surface area contributed by atoms with Gasteiger partial charge in [-0.1, -0.05) is 47.5 Å². The van der Waals surface area contributed by atoms with E-state index in [-0.39, 0.29) is 18.4 Å². The fourth-order valence-electron chi connectivity index (χ4n) is 2.43. The van der Waals surface area contributed by atoms with Gasteiger partial charge >= 0.3 is 0 Å². The van der Waals surface area contributed by atoms with Gasteiger partial charge in [0.25, 0.3) is 5.91 Å². The molecular formula is C21H26N2O3. The van der Waals surface area contributed by atoms with Gasteiger partial charge in [-0.25, -0.2) is 0 Å². The number of benzene rings is 2. The molecule has 0 bridgehead atoms. The van der Waals surface area contributed by atoms with Crippen LogP contribution in [0.5, 0.6) is 5.75 Å². The zero-order valence-corrected chi connectivity index (χ0v) is 15.6. The lowest BCUT2D eigenvalue weighted by atomic mass is 10.1. The van der Waals surface area contributed by atoms with Gasteiger partial charge in [-0.2, -0.15) is 0 Å². The van der Waals surface area contributed by atoms with Gasteiger partial charge in [-0.05, 0) is 31.5 Å². The fraction of sp³-hybridized carbons (Fsp3) is 0.333. The molecule has 2 aromatic carbocycles. The van der Waals surface area contributed by atoms with Crippen molar-refractivity contribution in [2.24, 2.45) is 0 Å². The predicted molar refractivity (Wildman–Crippen MR) is 102 cm³/mol. The number of carbonyl (C=O) groups is 2. The van der Waals surface area contributed by atoms with Crippen LogP contribution in [0, 0.1) is 13.8 Å². The average molecular weight is 354 g/mol. The van der Waals surface area contributed by atoms with Gasteiger partial charge in [0.1, 0.15) is 5.75 Å². The lowest BCUT2D eigenvalue weighted by Crippen LogP contribution is -2.38. The fourth-order valence-corrected chi connectivity index (χ4v) is 2.43. The van der Waals surface area contributed by atoms with E-state index in [0.717, 1.165) is 11.1 Å². The Bertz CT molecular complexity index is 724. The minimum atomic E-state index is -0.204. The highest BCUT2D eigenvalue weighted by atomic mass is 16.5. The van der Waals surface area contributed by atoms with E-state index in [1.54, 1.807) is 4.90 Å². The lowest BCUT2D eigenvalue weighted by molar-refractivity contribution is -0.130. The molecule has 2 aromatic rings. The van der Waals surface area contributed by atoms with Gasteiger partial charge in [0.2, 0.25) is 5.91 Å². The second-order valence-electron chi connectivity index (χ2n) is 6.38. The molecule has 0 radical (unpaired) electrons. The summed E-state index contributed by atoms with van der Waals surface area (Å²) in [5.74, 6) is 0.440. The Labute approximate surface area is 155 Å². The number of ether oxygens (including phenoxy) is 1. The highest BCUT2D eigenvalue weighted by molar-refractivity contribution is 5.77. The van der Waals surface area contributed by atoms with Crippen molar-refractivity contribution in [3.8, 4) is 5.75 Å². The minimum Gasteiger partial charge on any atom is -0.484 e. The molecule has 1 N–H and O–H groups in total. The Morgan fingerprint density at radius 3 is 2.12 bits per heavy atom. The van der Waals surface area contributed by atoms with Crippen molar-refractivity contribution in [3.05, 3.63) is 65.2 Å². The molecule has 5 heteroatoms. The van der Waals surface area contributed by atoms with E-state index in [4.69, 9.17) is 4.74 Å². The summed E-state index contributed by atoms with van der Waals surface area (Å²) >= 11 is 0. The summed E-state index contributed by atoms with van der Waals surface area (Å²) in [7, 11) is 0. The monoisotopic (exact) mass is 354 g/mol. The van der Waals surface area contributed by atoms with E-state index in [1.165, 1.54) is 12.5 Å². The SMILES string of the molecule is CC(=O)N(CCNC(=O)COc1ccc(C)cc1)Cc1ccc(C)cc1. The predicted octanol–water partition coefficient (Wildman–Crippen LogP) is 2.85. The maximum atomic E-state index is 11.9. The number of hydrogen-bond acceptors (Lipinski definition) is 3. The number of hydrogen-bond donors (Lipinski definition) is 1. The molecule has 0 spiro atoms. The normalized spacial score (nSPS) is 10.3. The Morgan fingerprint density at radius 2 is 1.54 bits per heavy atom. The highest BCUT2D eigenvalue weighted by Crippen LogP contribution is 2.11. The highest BCUT2D eigenvalue weighted by Gasteiger charge is 2.10. The molecule has 0 aliphatic heterocycles. The van der Waals surface area contributed by atoms with E-state index in [2.05, 4.69) is 5.32 Å². The summed E-state index contributed by atoms with van der Waals surface area (Å²) in [4.78, 5) is 25.4. The molecule has 0 aromatic heterocycles. The maximum absolute atomic E-state index is 11.9. The largest absolute Gasteiger partial charge is 0.484 e. The molecule has 0 aliphatic carbocycles. The summed E-state index contributed by atoms with van der Waals surface area (Å²) in [6, 6.07) is 15.6. The van der Waals surface area contributed by atoms with Gasteiger partial charge in [-0.3, -0.25) is 9.59 Å². The van der Waals surface area contributed by atoms with Crippen LogP contribution in [0.15, 0.2) is 48.5 Å². The number of carbonyl (C=O) groups excluding carboxylic acids is 2. The average Bonchev–Trinajstić information content (AvgIpc) is 2.62. The third-order valence-electron chi connectivity index (χ3n) is 4.03. The molecule has 0 heterocycles. The Balaban J connectivity index is 1.74. The van der Waals surface area contributed by atoms with Crippen LogP contribution >= 0.6 is 0 Å². The second kappa shape index (κ2) is 9.61. The molecule has 2 rings (SSSR count). The van der Waals surface area contributed by atoms with Crippen molar-refractivity contribution >= 4 is 11.8 Å². The molecule has 5 nitrogen and oxygen atoms in total. The number of nitrogens with zero attached hydrogens (tertiary/aromatic N) is 1. The lowest BCUT2D eigenvalue weighted by Gasteiger charge is -2.21. The second-order valence-corrected chi connectivity index (χ2v) is 6.38. The standard InChI is InChI=1S/C21H26N2O3/c1-16-4-8-19(9-5-16)14-23(18(3)24)13-12-22-21(25)15-26-20-10-6-17(2)7-11-20/h4-11H,12-15H2,1-3H3,(H,22,25). The molecule has 26 heavy (non-hydrogen) atoms. The number of nitrogens with one attached hydrogen (secondary N) is 1. The summed E-state index contributed by atoms with van der Waals surface area (Å²) in [5, 5.41) is 2.79. The summed E-state index contributed by atoms with van der Waals surface area (Å²) < 4.78 is 5.44. The van der Waals surface area contributed by atoms with Gasteiger partial charge in [-0.15, -0.1) is 0 Å². The molecule has 0 fully saturated rings. The van der Waals surface area contributed by atoms with Crippen LogP contribution in [0.2, 0.25) is 0 Å². The Morgan fingerprint density at radius 1 is 0.962 bits per heavy atom. The van der Waals surface area contributed by atoms with Crippen molar-refractivity contribution in [2.75, 3.05) is 19.7 Å². The van der Waals surface area contributed by atoms with Crippen LogP contribution in [-0.4, -0.2) is 36.4 Å². The minimum absolute atomic E-state index is 0.0178. The first kappa shape index (κ1) is 19.5. The van der Waals surface area contributed by atoms with Crippen LogP contribution < -0.4 is 10.1 Å². The van der Waals surface area contributed by atoms with E-state index in [1.807, 2.05) is 62.4 Å². The van der Waals surface area contributed by atoms with Crippen molar-refractivity contribution in [1.82, 2.24) is 10.2 Å². The van der Waals surface area contributed by atoms with Crippen molar-refractivity contribution in [3.63, 3.8) is 0 Å². The third kappa shape index (κ3) is 6.59. The van der Waals surface area contributed by atoms with E-state index in [0.29, 0.717) is 25.4 Å². The zero-order valence-electron chi connectivity index (χ0n) is 15.6. The van der Waals surface area contributed by atoms with Gasteiger partial charge < -0.3 is 15.0 Å². The summed E-state index contributed by atoms with van der Waals surface area (Å²) in [5.41, 5.74) is 3.39. The summed E-state index contributed by atoms with van der Waals surface area (Å²) in [6.07, 6.45) is 0. The number of aryl methyl sites for hydroxylation is 2. The molecule has 0 saturated heterocycles. The topological polar surface area (TPSA) is 58.6 Å². The quantitative estimate of drug-likeness (QED) is 0.793. The first-order valence-corrected chi connectivity index (χ1v) is 8.71. The van der Waals surface area contributed by atoms with Gasteiger partial charge in [0.05, 0.1) is 0 Å². The van der Waals surface area contributed by atoms with Crippen LogP contribution in [0.3, 0.4) is 0 Å². The Kier molecular flexibility index (Phi) is 7.21. The molecular weight excluding hydrogens is 328 g/mol. The van der Waals surface area contributed by atoms with Gasteiger partial charge in [0.15, 0.2) is 6.61 Å². The molecule has 0 unspecified atom stereocenters. The molecule has 138 valence electrons. The van der Waals surface area contributed by atoms with Crippen molar-refractivity contribution < 1.29 is 14.3 Å². The maximum Gasteiger partial charge on any atom is 0.258 e. The number of rotatable bonds is 8.